The maximum absolute atomic E-state index is 13.0. The Morgan fingerprint density at radius 3 is 2.24 bits per heavy atom. The molecule has 3 rings (SSSR count). The summed E-state index contributed by atoms with van der Waals surface area (Å²) in [5.74, 6) is 0.448. The Morgan fingerprint density at radius 2 is 1.66 bits per heavy atom. The fourth-order valence-electron chi connectivity index (χ4n) is 3.89. The van der Waals surface area contributed by atoms with E-state index < -0.39 is 10.0 Å². The molecule has 2 aromatic rings. The molecule has 0 aliphatic carbocycles. The molecule has 1 fully saturated rings. The molecule has 1 heterocycles. The van der Waals surface area contributed by atoms with Crippen LogP contribution in [0.15, 0.2) is 53.4 Å². The van der Waals surface area contributed by atoms with Gasteiger partial charge in [0.1, 0.15) is 0 Å². The minimum absolute atomic E-state index is 0.0268. The first-order valence-electron chi connectivity index (χ1n) is 10.2. The summed E-state index contributed by atoms with van der Waals surface area (Å²) in [5.41, 5.74) is 2.13. The monoisotopic (exact) mass is 414 g/mol. The second-order valence-corrected chi connectivity index (χ2v) is 10.1. The number of amides is 1. The van der Waals surface area contributed by atoms with Crippen molar-refractivity contribution in [2.24, 2.45) is 5.92 Å². The molecular weight excluding hydrogens is 384 g/mol. The fourth-order valence-corrected chi connectivity index (χ4v) is 5.09. The van der Waals surface area contributed by atoms with Gasteiger partial charge >= 0.3 is 0 Å². The Bertz CT molecular complexity index is 951. The van der Waals surface area contributed by atoms with Gasteiger partial charge in [-0.1, -0.05) is 31.5 Å². The van der Waals surface area contributed by atoms with Gasteiger partial charge in [0, 0.05) is 25.2 Å². The van der Waals surface area contributed by atoms with Gasteiger partial charge < -0.3 is 4.90 Å². The average molecular weight is 415 g/mol. The lowest BCUT2D eigenvalue weighted by molar-refractivity contribution is 0.0543. The lowest BCUT2D eigenvalue weighted by atomic mass is 9.92. The molecule has 0 saturated carbocycles. The van der Waals surface area contributed by atoms with E-state index in [9.17, 15) is 13.2 Å². The molecule has 0 aromatic heterocycles. The van der Waals surface area contributed by atoms with Crippen molar-refractivity contribution < 1.29 is 13.2 Å². The summed E-state index contributed by atoms with van der Waals surface area (Å²) in [5, 5.41) is 0. The largest absolute Gasteiger partial charge is 0.335 e. The molecule has 1 saturated heterocycles. The minimum atomic E-state index is -3.64. The number of anilines is 1. The van der Waals surface area contributed by atoms with Crippen molar-refractivity contribution >= 4 is 21.6 Å². The summed E-state index contributed by atoms with van der Waals surface area (Å²) in [6.45, 7) is 7.02. The first kappa shape index (κ1) is 21.4. The second-order valence-electron chi connectivity index (χ2n) is 8.14. The zero-order chi connectivity index (χ0) is 21.2. The number of likely N-dealkylation sites (tertiary alicyclic amines) is 1. The van der Waals surface area contributed by atoms with Gasteiger partial charge in [-0.25, -0.2) is 8.42 Å². The number of hydrogen-bond donors (Lipinski definition) is 0. The molecule has 0 radical (unpaired) electrons. The molecule has 0 N–H and O–H groups in total. The van der Waals surface area contributed by atoms with Crippen LogP contribution in [0.5, 0.6) is 0 Å². The summed E-state index contributed by atoms with van der Waals surface area (Å²) in [7, 11) is -2.11. The van der Waals surface area contributed by atoms with Gasteiger partial charge in [0.15, 0.2) is 0 Å². The highest BCUT2D eigenvalue weighted by Crippen LogP contribution is 2.27. The van der Waals surface area contributed by atoms with Crippen LogP contribution in [0.4, 0.5) is 5.69 Å². The number of carbonyl (C=O) groups is 1. The van der Waals surface area contributed by atoms with Gasteiger partial charge in [-0.2, -0.15) is 0 Å². The first-order chi connectivity index (χ1) is 13.7. The third kappa shape index (κ3) is 4.47. The molecule has 1 unspecified atom stereocenters. The topological polar surface area (TPSA) is 57.7 Å². The predicted molar refractivity (Wildman–Crippen MR) is 117 cm³/mol. The van der Waals surface area contributed by atoms with E-state index in [0.717, 1.165) is 31.4 Å². The second kappa shape index (κ2) is 8.57. The number of rotatable bonds is 5. The molecule has 6 heteroatoms. The predicted octanol–water partition coefficient (Wildman–Crippen LogP) is 4.47. The molecule has 1 aliphatic heterocycles. The molecule has 1 amide bonds. The Labute approximate surface area is 174 Å². The molecule has 2 aromatic carbocycles. The molecule has 1 atom stereocenters. The number of hydrogen-bond acceptors (Lipinski definition) is 3. The lowest BCUT2D eigenvalue weighted by Crippen LogP contribution is -2.46. The first-order valence-corrected chi connectivity index (χ1v) is 11.6. The number of aryl methyl sites for hydroxylation is 1. The number of piperidine rings is 1. The van der Waals surface area contributed by atoms with E-state index in [1.54, 1.807) is 48.5 Å². The summed E-state index contributed by atoms with van der Waals surface area (Å²) >= 11 is 0. The van der Waals surface area contributed by atoms with Gasteiger partial charge in [0.05, 0.1) is 10.6 Å². The normalized spacial score (nSPS) is 17.4. The van der Waals surface area contributed by atoms with Gasteiger partial charge in [-0.05, 0) is 68.5 Å². The van der Waals surface area contributed by atoms with Gasteiger partial charge in [-0.3, -0.25) is 9.10 Å². The number of carbonyl (C=O) groups excluding carboxylic acids is 1. The van der Waals surface area contributed by atoms with Crippen LogP contribution in [-0.4, -0.2) is 38.9 Å². The molecular formula is C23H30N2O3S. The highest BCUT2D eigenvalue weighted by atomic mass is 32.2. The van der Waals surface area contributed by atoms with Gasteiger partial charge in [0.25, 0.3) is 15.9 Å². The Kier molecular flexibility index (Phi) is 6.32. The van der Waals surface area contributed by atoms with E-state index in [4.69, 9.17) is 0 Å². The number of sulfonamides is 1. The van der Waals surface area contributed by atoms with Crippen LogP contribution in [0.1, 0.15) is 49.0 Å². The zero-order valence-corrected chi connectivity index (χ0v) is 18.4. The van der Waals surface area contributed by atoms with E-state index >= 15 is 0 Å². The molecule has 0 spiro atoms. The van der Waals surface area contributed by atoms with Crippen molar-refractivity contribution in [1.82, 2.24) is 4.90 Å². The van der Waals surface area contributed by atoms with Crippen LogP contribution < -0.4 is 4.31 Å². The number of nitrogens with zero attached hydrogens (tertiary/aromatic N) is 2. The Hall–Kier alpha value is -2.34. The third-order valence-electron chi connectivity index (χ3n) is 5.74. The maximum atomic E-state index is 13.0. The third-order valence-corrected chi connectivity index (χ3v) is 7.54. The molecule has 29 heavy (non-hydrogen) atoms. The highest BCUT2D eigenvalue weighted by Gasteiger charge is 2.29. The molecule has 0 bridgehead atoms. The van der Waals surface area contributed by atoms with Gasteiger partial charge in [0.2, 0.25) is 0 Å². The summed E-state index contributed by atoms with van der Waals surface area (Å²) < 4.78 is 27.0. The molecule has 156 valence electrons. The van der Waals surface area contributed by atoms with E-state index in [1.165, 1.54) is 11.4 Å². The van der Waals surface area contributed by atoms with Crippen molar-refractivity contribution in [3.63, 3.8) is 0 Å². The number of benzene rings is 2. The van der Waals surface area contributed by atoms with Crippen LogP contribution in [0, 0.1) is 12.8 Å². The summed E-state index contributed by atoms with van der Waals surface area (Å²) in [6.07, 6.45) is 3.23. The van der Waals surface area contributed by atoms with Crippen LogP contribution in [-0.2, 0) is 10.0 Å². The summed E-state index contributed by atoms with van der Waals surface area (Å²) in [6, 6.07) is 13.9. The zero-order valence-electron chi connectivity index (χ0n) is 17.6. The van der Waals surface area contributed by atoms with E-state index in [-0.39, 0.29) is 16.8 Å². The fraction of sp³-hybridized carbons (Fsp3) is 0.435. The average Bonchev–Trinajstić information content (AvgIpc) is 2.73. The Morgan fingerprint density at radius 1 is 1.03 bits per heavy atom. The molecule has 1 aliphatic rings. The Balaban J connectivity index is 1.80. The van der Waals surface area contributed by atoms with E-state index in [1.807, 2.05) is 11.8 Å². The van der Waals surface area contributed by atoms with Crippen molar-refractivity contribution in [2.75, 3.05) is 17.9 Å². The van der Waals surface area contributed by atoms with Crippen LogP contribution in [0.3, 0.4) is 0 Å². The van der Waals surface area contributed by atoms with Crippen LogP contribution in [0.25, 0.3) is 0 Å². The summed E-state index contributed by atoms with van der Waals surface area (Å²) in [4.78, 5) is 15.3. The van der Waals surface area contributed by atoms with E-state index in [2.05, 4.69) is 13.8 Å². The quantitative estimate of drug-likeness (QED) is 0.725. The van der Waals surface area contributed by atoms with Crippen molar-refractivity contribution in [2.45, 2.75) is 51.0 Å². The minimum Gasteiger partial charge on any atom is -0.335 e. The van der Waals surface area contributed by atoms with Crippen LogP contribution in [0.2, 0.25) is 0 Å². The highest BCUT2D eigenvalue weighted by molar-refractivity contribution is 7.92. The van der Waals surface area contributed by atoms with Crippen molar-refractivity contribution in [1.29, 1.82) is 0 Å². The van der Waals surface area contributed by atoms with E-state index in [0.29, 0.717) is 17.2 Å². The standard InChI is InChI=1S/C23H30N2O3S/c1-17(2)22-7-5-6-16-25(22)23(26)19-10-12-20(13-11-19)24(4)29(27,28)21-14-8-18(3)9-15-21/h8-15,17,22H,5-7,16H2,1-4H3. The van der Waals surface area contributed by atoms with Crippen LogP contribution >= 0.6 is 0 Å². The maximum Gasteiger partial charge on any atom is 0.264 e. The van der Waals surface area contributed by atoms with Gasteiger partial charge in [-0.15, -0.1) is 0 Å². The lowest BCUT2D eigenvalue weighted by Gasteiger charge is -2.38. The van der Waals surface area contributed by atoms with Crippen molar-refractivity contribution in [3.05, 3.63) is 59.7 Å². The smallest absolute Gasteiger partial charge is 0.264 e. The SMILES string of the molecule is Cc1ccc(S(=O)(=O)N(C)c2ccc(C(=O)N3CCCCC3C(C)C)cc2)cc1. The van der Waals surface area contributed by atoms with Crippen molar-refractivity contribution in [3.8, 4) is 0 Å². The molecule has 5 nitrogen and oxygen atoms in total.